The summed E-state index contributed by atoms with van der Waals surface area (Å²) in [4.78, 5) is 16.8. The van der Waals surface area contributed by atoms with Gasteiger partial charge in [0, 0.05) is 54.7 Å². The van der Waals surface area contributed by atoms with Crippen molar-refractivity contribution in [3.05, 3.63) is 59.3 Å². The van der Waals surface area contributed by atoms with E-state index < -0.39 is 0 Å². The van der Waals surface area contributed by atoms with Crippen LogP contribution in [0.1, 0.15) is 21.6 Å². The van der Waals surface area contributed by atoms with E-state index in [9.17, 15) is 4.79 Å². The van der Waals surface area contributed by atoms with Crippen LogP contribution in [0, 0.1) is 6.92 Å². The number of fused-ring (bicyclic) bond motifs is 2. The molecule has 0 fully saturated rings. The third kappa shape index (κ3) is 2.10. The van der Waals surface area contributed by atoms with Gasteiger partial charge in [0.1, 0.15) is 0 Å². The normalized spacial score (nSPS) is 13.7. The van der Waals surface area contributed by atoms with E-state index >= 15 is 0 Å². The highest BCUT2D eigenvalue weighted by molar-refractivity contribution is 6.11. The van der Waals surface area contributed by atoms with Gasteiger partial charge in [-0.2, -0.15) is 0 Å². The minimum absolute atomic E-state index is 0.0840. The van der Waals surface area contributed by atoms with E-state index in [1.165, 1.54) is 16.6 Å². The Kier molecular flexibility index (Phi) is 3.17. The number of benzene rings is 2. The topological polar surface area (TPSA) is 28.5 Å². The summed E-state index contributed by atoms with van der Waals surface area (Å²) in [5.74, 6) is 0.0840. The van der Waals surface area contributed by atoms with Crippen molar-refractivity contribution < 1.29 is 4.79 Å². The van der Waals surface area contributed by atoms with Crippen LogP contribution >= 0.6 is 0 Å². The van der Waals surface area contributed by atoms with E-state index in [0.29, 0.717) is 6.54 Å². The average molecular weight is 319 g/mol. The first-order chi connectivity index (χ1) is 11.5. The zero-order chi connectivity index (χ0) is 17.0. The number of hydrogen-bond donors (Lipinski definition) is 0. The van der Waals surface area contributed by atoms with Gasteiger partial charge >= 0.3 is 0 Å². The molecule has 4 heteroatoms. The van der Waals surface area contributed by atoms with Crippen molar-refractivity contribution in [2.75, 3.05) is 23.9 Å². The summed E-state index contributed by atoms with van der Waals surface area (Å²) in [5.41, 5.74) is 6.32. The van der Waals surface area contributed by atoms with Gasteiger partial charge in [-0.15, -0.1) is 0 Å². The molecule has 0 aliphatic carbocycles. The number of hydrogen-bond acceptors (Lipinski definition) is 2. The number of aryl methyl sites for hydroxylation is 2. The zero-order valence-corrected chi connectivity index (χ0v) is 14.5. The first-order valence-electron chi connectivity index (χ1n) is 8.14. The molecule has 1 aliphatic rings. The zero-order valence-electron chi connectivity index (χ0n) is 14.5. The molecule has 0 spiro atoms. The van der Waals surface area contributed by atoms with Crippen LogP contribution in [0.2, 0.25) is 0 Å². The quantitative estimate of drug-likeness (QED) is 0.720. The molecule has 0 atom stereocenters. The second kappa shape index (κ2) is 5.13. The van der Waals surface area contributed by atoms with Gasteiger partial charge in [-0.1, -0.05) is 6.07 Å². The van der Waals surface area contributed by atoms with Crippen LogP contribution in [0.4, 0.5) is 11.4 Å². The maximum absolute atomic E-state index is 12.9. The maximum Gasteiger partial charge on any atom is 0.259 e. The second-order valence-corrected chi connectivity index (χ2v) is 6.72. The Bertz CT molecular complexity index is 968. The second-order valence-electron chi connectivity index (χ2n) is 6.72. The predicted octanol–water partition coefficient (Wildman–Crippen LogP) is 3.71. The summed E-state index contributed by atoms with van der Waals surface area (Å²) in [6, 6.07) is 14.5. The van der Waals surface area contributed by atoms with Crippen LogP contribution < -0.4 is 9.80 Å². The summed E-state index contributed by atoms with van der Waals surface area (Å²) in [5, 5.41) is 1.17. The molecule has 4 nitrogen and oxygen atoms in total. The molecule has 0 unspecified atom stereocenters. The molecule has 24 heavy (non-hydrogen) atoms. The van der Waals surface area contributed by atoms with Crippen LogP contribution in [-0.2, 0) is 13.6 Å². The Hall–Kier alpha value is -2.75. The molecule has 0 N–H and O–H groups in total. The molecular weight excluding hydrogens is 298 g/mol. The minimum Gasteiger partial charge on any atom is -0.378 e. The van der Waals surface area contributed by atoms with Gasteiger partial charge < -0.3 is 14.4 Å². The van der Waals surface area contributed by atoms with E-state index in [-0.39, 0.29) is 5.91 Å². The Morgan fingerprint density at radius 3 is 2.58 bits per heavy atom. The summed E-state index contributed by atoms with van der Waals surface area (Å²) in [7, 11) is 6.05. The van der Waals surface area contributed by atoms with Crippen molar-refractivity contribution in [1.29, 1.82) is 0 Å². The Morgan fingerprint density at radius 2 is 1.83 bits per heavy atom. The molecule has 4 rings (SSSR count). The van der Waals surface area contributed by atoms with Crippen molar-refractivity contribution in [2.45, 2.75) is 13.5 Å². The minimum atomic E-state index is 0.0840. The third-order valence-corrected chi connectivity index (χ3v) is 4.99. The molecule has 1 aromatic heterocycles. The van der Waals surface area contributed by atoms with E-state index in [0.717, 1.165) is 22.5 Å². The largest absolute Gasteiger partial charge is 0.378 e. The monoisotopic (exact) mass is 319 g/mol. The molecule has 0 bridgehead atoms. The van der Waals surface area contributed by atoms with Gasteiger partial charge in [-0.25, -0.2) is 0 Å². The first kappa shape index (κ1) is 14.8. The molecule has 2 heterocycles. The molecule has 0 saturated heterocycles. The number of anilines is 2. The maximum atomic E-state index is 12.9. The molecular formula is C20H21N3O. The molecule has 2 aromatic carbocycles. The van der Waals surface area contributed by atoms with E-state index in [4.69, 9.17) is 0 Å². The van der Waals surface area contributed by atoms with Crippen LogP contribution in [0.15, 0.2) is 42.5 Å². The van der Waals surface area contributed by atoms with Crippen molar-refractivity contribution >= 4 is 28.2 Å². The molecule has 3 aromatic rings. The van der Waals surface area contributed by atoms with Gasteiger partial charge in [-0.3, -0.25) is 4.79 Å². The average Bonchev–Trinajstić information content (AvgIpc) is 3.04. The van der Waals surface area contributed by atoms with E-state index in [1.807, 2.05) is 36.0 Å². The van der Waals surface area contributed by atoms with Crippen LogP contribution in [0.5, 0.6) is 0 Å². The fourth-order valence-corrected chi connectivity index (χ4v) is 3.42. The Labute approximate surface area is 141 Å². The molecule has 122 valence electrons. The Morgan fingerprint density at radius 1 is 1.04 bits per heavy atom. The highest BCUT2D eigenvalue weighted by Crippen LogP contribution is 2.32. The number of carbonyl (C=O) groups is 1. The van der Waals surface area contributed by atoms with E-state index in [2.05, 4.69) is 48.9 Å². The predicted molar refractivity (Wildman–Crippen MR) is 98.9 cm³/mol. The van der Waals surface area contributed by atoms with Crippen molar-refractivity contribution in [1.82, 2.24) is 4.57 Å². The standard InChI is InChI=1S/C20H21N3O/c1-13-9-15-10-17(7-8-19(15)22(13)4)23-12-14-5-6-16(21(2)3)11-18(14)20(23)24/h5-11H,12H2,1-4H3. The molecule has 0 radical (unpaired) electrons. The van der Waals surface area contributed by atoms with E-state index in [1.54, 1.807) is 0 Å². The summed E-state index contributed by atoms with van der Waals surface area (Å²) < 4.78 is 2.17. The lowest BCUT2D eigenvalue weighted by Crippen LogP contribution is -2.22. The number of rotatable bonds is 2. The molecule has 1 aliphatic heterocycles. The lowest BCUT2D eigenvalue weighted by molar-refractivity contribution is 0.0996. The number of nitrogens with zero attached hydrogens (tertiary/aromatic N) is 3. The number of carbonyl (C=O) groups excluding carboxylic acids is 1. The molecule has 0 saturated carbocycles. The smallest absolute Gasteiger partial charge is 0.259 e. The fraction of sp³-hybridized carbons (Fsp3) is 0.250. The van der Waals surface area contributed by atoms with Crippen LogP contribution in [0.25, 0.3) is 10.9 Å². The van der Waals surface area contributed by atoms with Gasteiger partial charge in [0.05, 0.1) is 6.54 Å². The van der Waals surface area contributed by atoms with Crippen LogP contribution in [-0.4, -0.2) is 24.6 Å². The number of amides is 1. The summed E-state index contributed by atoms with van der Waals surface area (Å²) >= 11 is 0. The van der Waals surface area contributed by atoms with Crippen molar-refractivity contribution in [2.24, 2.45) is 7.05 Å². The highest BCUT2D eigenvalue weighted by Gasteiger charge is 2.29. The Balaban J connectivity index is 1.74. The highest BCUT2D eigenvalue weighted by atomic mass is 16.2. The van der Waals surface area contributed by atoms with Crippen LogP contribution in [0.3, 0.4) is 0 Å². The van der Waals surface area contributed by atoms with Gasteiger partial charge in [0.15, 0.2) is 0 Å². The number of aromatic nitrogens is 1. The summed E-state index contributed by atoms with van der Waals surface area (Å²) in [6.07, 6.45) is 0. The van der Waals surface area contributed by atoms with Gasteiger partial charge in [0.25, 0.3) is 5.91 Å². The van der Waals surface area contributed by atoms with Gasteiger partial charge in [0.2, 0.25) is 0 Å². The fourth-order valence-electron chi connectivity index (χ4n) is 3.42. The van der Waals surface area contributed by atoms with Crippen molar-refractivity contribution in [3.63, 3.8) is 0 Å². The van der Waals surface area contributed by atoms with Crippen molar-refractivity contribution in [3.8, 4) is 0 Å². The molecule has 1 amide bonds. The SMILES string of the molecule is Cc1cc2cc(N3Cc4ccc(N(C)C)cc4C3=O)ccc2n1C. The van der Waals surface area contributed by atoms with Gasteiger partial charge in [-0.05, 0) is 48.9 Å². The first-order valence-corrected chi connectivity index (χ1v) is 8.14. The summed E-state index contributed by atoms with van der Waals surface area (Å²) in [6.45, 7) is 2.73. The lowest BCUT2D eigenvalue weighted by Gasteiger charge is -2.16. The lowest BCUT2D eigenvalue weighted by atomic mass is 10.1. The third-order valence-electron chi connectivity index (χ3n) is 4.99.